The number of amides is 1. The monoisotopic (exact) mass is 316 g/mol. The highest BCUT2D eigenvalue weighted by Crippen LogP contribution is 2.12. The number of hydrogen-bond acceptors (Lipinski definition) is 4. The van der Waals surface area contributed by atoms with Crippen LogP contribution in [-0.4, -0.2) is 28.1 Å². The standard InChI is InChI=1S/C17H36N2O3/c1-3-5-6-7-8-9-10-11-12-13-15(20)19-16(18)17(21,22)14-4-2/h16,21-22H,3-14,18H2,1-2H3,(H,19,20). The van der Waals surface area contributed by atoms with E-state index >= 15 is 0 Å². The Bertz CT molecular complexity index is 283. The molecule has 5 nitrogen and oxygen atoms in total. The number of carbonyl (C=O) groups excluding carboxylic acids is 1. The Balaban J connectivity index is 3.57. The molecule has 0 radical (unpaired) electrons. The lowest BCUT2D eigenvalue weighted by Crippen LogP contribution is -2.58. The van der Waals surface area contributed by atoms with Gasteiger partial charge in [-0.15, -0.1) is 0 Å². The van der Waals surface area contributed by atoms with Gasteiger partial charge >= 0.3 is 0 Å². The van der Waals surface area contributed by atoms with E-state index in [2.05, 4.69) is 12.2 Å². The lowest BCUT2D eigenvalue weighted by molar-refractivity contribution is -0.188. The average molecular weight is 316 g/mol. The first kappa shape index (κ1) is 21.4. The van der Waals surface area contributed by atoms with E-state index in [-0.39, 0.29) is 12.3 Å². The van der Waals surface area contributed by atoms with Crippen molar-refractivity contribution in [1.29, 1.82) is 0 Å². The average Bonchev–Trinajstić information content (AvgIpc) is 2.45. The van der Waals surface area contributed by atoms with Crippen LogP contribution in [0.4, 0.5) is 0 Å². The molecule has 0 saturated carbocycles. The summed E-state index contributed by atoms with van der Waals surface area (Å²) in [5.41, 5.74) is 5.62. The molecule has 1 unspecified atom stereocenters. The van der Waals surface area contributed by atoms with Crippen molar-refractivity contribution in [2.24, 2.45) is 5.73 Å². The van der Waals surface area contributed by atoms with Gasteiger partial charge in [-0.25, -0.2) is 0 Å². The molecule has 0 aliphatic carbocycles. The van der Waals surface area contributed by atoms with Gasteiger partial charge < -0.3 is 21.3 Å². The van der Waals surface area contributed by atoms with Crippen molar-refractivity contribution < 1.29 is 15.0 Å². The Hall–Kier alpha value is -0.650. The van der Waals surface area contributed by atoms with Crippen molar-refractivity contribution in [2.45, 2.75) is 103 Å². The first-order valence-electron chi connectivity index (χ1n) is 8.93. The van der Waals surface area contributed by atoms with Crippen molar-refractivity contribution in [2.75, 3.05) is 0 Å². The largest absolute Gasteiger partial charge is 0.363 e. The van der Waals surface area contributed by atoms with Crippen LogP contribution in [0.15, 0.2) is 0 Å². The predicted molar refractivity (Wildman–Crippen MR) is 90.0 cm³/mol. The predicted octanol–water partition coefficient (Wildman–Crippen LogP) is 2.79. The van der Waals surface area contributed by atoms with Gasteiger partial charge in [0.25, 0.3) is 0 Å². The molecule has 0 rings (SSSR count). The number of hydrogen-bond donors (Lipinski definition) is 4. The van der Waals surface area contributed by atoms with Crippen molar-refractivity contribution in [3.63, 3.8) is 0 Å². The summed E-state index contributed by atoms with van der Waals surface area (Å²) in [6, 6.07) is 0. The van der Waals surface area contributed by atoms with Gasteiger partial charge in [-0.2, -0.15) is 0 Å². The number of unbranched alkanes of at least 4 members (excludes halogenated alkanes) is 8. The van der Waals surface area contributed by atoms with Crippen LogP contribution < -0.4 is 11.1 Å². The van der Waals surface area contributed by atoms with Gasteiger partial charge in [0.05, 0.1) is 0 Å². The van der Waals surface area contributed by atoms with Gasteiger partial charge in [0.15, 0.2) is 5.79 Å². The first-order valence-corrected chi connectivity index (χ1v) is 8.93. The Morgan fingerprint density at radius 2 is 1.45 bits per heavy atom. The first-order chi connectivity index (χ1) is 10.4. The van der Waals surface area contributed by atoms with Gasteiger partial charge in [0, 0.05) is 12.8 Å². The summed E-state index contributed by atoms with van der Waals surface area (Å²) in [6.45, 7) is 4.05. The smallest absolute Gasteiger partial charge is 0.221 e. The quantitative estimate of drug-likeness (QED) is 0.293. The molecule has 22 heavy (non-hydrogen) atoms. The van der Waals surface area contributed by atoms with E-state index < -0.39 is 12.0 Å². The van der Waals surface area contributed by atoms with Crippen molar-refractivity contribution >= 4 is 5.91 Å². The maximum absolute atomic E-state index is 11.7. The number of nitrogens with one attached hydrogen (secondary N) is 1. The Morgan fingerprint density at radius 3 is 1.95 bits per heavy atom. The fourth-order valence-corrected chi connectivity index (χ4v) is 2.48. The number of aliphatic hydroxyl groups is 2. The molecule has 0 aromatic heterocycles. The van der Waals surface area contributed by atoms with Gasteiger partial charge in [-0.3, -0.25) is 4.79 Å². The number of rotatable bonds is 14. The zero-order chi connectivity index (χ0) is 16.8. The molecule has 132 valence electrons. The third-order valence-electron chi connectivity index (χ3n) is 3.94. The van der Waals surface area contributed by atoms with Crippen molar-refractivity contribution in [1.82, 2.24) is 5.32 Å². The fraction of sp³-hybridized carbons (Fsp3) is 0.941. The Kier molecular flexibility index (Phi) is 12.5. The lowest BCUT2D eigenvalue weighted by atomic mass is 10.1. The topological polar surface area (TPSA) is 95.6 Å². The normalized spacial score (nSPS) is 13.1. The van der Waals surface area contributed by atoms with Crippen LogP contribution in [-0.2, 0) is 4.79 Å². The van der Waals surface area contributed by atoms with Crippen LogP contribution in [0.1, 0.15) is 90.9 Å². The molecule has 0 spiro atoms. The maximum atomic E-state index is 11.7. The summed E-state index contributed by atoms with van der Waals surface area (Å²) in [4.78, 5) is 11.7. The van der Waals surface area contributed by atoms with Crippen molar-refractivity contribution in [3.05, 3.63) is 0 Å². The molecule has 1 atom stereocenters. The molecule has 0 heterocycles. The minimum atomic E-state index is -2.02. The molecule has 0 aliphatic heterocycles. The van der Waals surface area contributed by atoms with E-state index in [9.17, 15) is 15.0 Å². The van der Waals surface area contributed by atoms with Crippen LogP contribution in [0.2, 0.25) is 0 Å². The van der Waals surface area contributed by atoms with Gasteiger partial charge in [-0.1, -0.05) is 71.6 Å². The highest BCUT2D eigenvalue weighted by Gasteiger charge is 2.31. The molecule has 0 fully saturated rings. The third kappa shape index (κ3) is 11.0. The summed E-state index contributed by atoms with van der Waals surface area (Å²) in [7, 11) is 0. The molecule has 0 aromatic carbocycles. The van der Waals surface area contributed by atoms with Gasteiger partial charge in [0.2, 0.25) is 5.91 Å². The maximum Gasteiger partial charge on any atom is 0.221 e. The van der Waals surface area contributed by atoms with Crippen LogP contribution in [0, 0.1) is 0 Å². The second-order valence-electron chi connectivity index (χ2n) is 6.25. The van der Waals surface area contributed by atoms with Crippen molar-refractivity contribution in [3.8, 4) is 0 Å². The van der Waals surface area contributed by atoms with E-state index in [1.807, 2.05) is 6.92 Å². The summed E-state index contributed by atoms with van der Waals surface area (Å²) >= 11 is 0. The second kappa shape index (κ2) is 12.9. The molecule has 1 amide bonds. The fourth-order valence-electron chi connectivity index (χ4n) is 2.48. The number of nitrogens with two attached hydrogens (primary N) is 1. The lowest BCUT2D eigenvalue weighted by Gasteiger charge is -2.28. The molecule has 5 N–H and O–H groups in total. The zero-order valence-electron chi connectivity index (χ0n) is 14.4. The summed E-state index contributed by atoms with van der Waals surface area (Å²) < 4.78 is 0. The molecular weight excluding hydrogens is 280 g/mol. The summed E-state index contributed by atoms with van der Waals surface area (Å²) in [5.74, 6) is -2.23. The molecule has 0 aromatic rings. The number of carbonyl (C=O) groups is 1. The Labute approximate surface area is 135 Å². The summed E-state index contributed by atoms with van der Waals surface area (Å²) in [6.07, 6.45) is 10.8. The highest BCUT2D eigenvalue weighted by atomic mass is 16.5. The molecule has 0 saturated heterocycles. The molecule has 5 heteroatoms. The van der Waals surface area contributed by atoms with E-state index in [0.29, 0.717) is 12.8 Å². The van der Waals surface area contributed by atoms with Crippen LogP contribution in [0.3, 0.4) is 0 Å². The SMILES string of the molecule is CCCCCCCCCCCC(=O)NC(N)C(O)(O)CCC. The van der Waals surface area contributed by atoms with Crippen LogP contribution in [0.25, 0.3) is 0 Å². The minimum Gasteiger partial charge on any atom is -0.363 e. The van der Waals surface area contributed by atoms with Gasteiger partial charge in [0.1, 0.15) is 6.17 Å². The van der Waals surface area contributed by atoms with Crippen LogP contribution in [0.5, 0.6) is 0 Å². The third-order valence-corrected chi connectivity index (χ3v) is 3.94. The van der Waals surface area contributed by atoms with E-state index in [0.717, 1.165) is 19.3 Å². The second-order valence-corrected chi connectivity index (χ2v) is 6.25. The van der Waals surface area contributed by atoms with E-state index in [4.69, 9.17) is 5.73 Å². The molecule has 0 bridgehead atoms. The minimum absolute atomic E-state index is 0.145. The van der Waals surface area contributed by atoms with Gasteiger partial charge in [-0.05, 0) is 6.42 Å². The highest BCUT2D eigenvalue weighted by molar-refractivity contribution is 5.76. The Morgan fingerprint density at radius 1 is 0.955 bits per heavy atom. The molecular formula is C17H36N2O3. The molecule has 0 aliphatic rings. The summed E-state index contributed by atoms with van der Waals surface area (Å²) in [5, 5.41) is 21.8. The van der Waals surface area contributed by atoms with E-state index in [1.54, 1.807) is 0 Å². The zero-order valence-corrected chi connectivity index (χ0v) is 14.4. The van der Waals surface area contributed by atoms with Crippen LogP contribution >= 0.6 is 0 Å². The van der Waals surface area contributed by atoms with E-state index in [1.165, 1.54) is 38.5 Å².